The third-order valence-electron chi connectivity index (χ3n) is 4.90. The van der Waals surface area contributed by atoms with Gasteiger partial charge in [-0.15, -0.1) is 0 Å². The molecule has 22 heavy (non-hydrogen) atoms. The van der Waals surface area contributed by atoms with E-state index in [2.05, 4.69) is 4.13 Å². The van der Waals surface area contributed by atoms with Gasteiger partial charge in [0.15, 0.2) is 10.0 Å². The second kappa shape index (κ2) is 4.15. The Labute approximate surface area is 125 Å². The van der Waals surface area contributed by atoms with Gasteiger partial charge in [0.2, 0.25) is 4.93 Å². The van der Waals surface area contributed by atoms with E-state index < -0.39 is 47.3 Å². The number of ether oxygens (including phenoxy) is 1. The van der Waals surface area contributed by atoms with Gasteiger partial charge >= 0.3 is 11.5 Å². The lowest BCUT2D eigenvalue weighted by Gasteiger charge is -2.40. The van der Waals surface area contributed by atoms with Gasteiger partial charge in [0, 0.05) is 11.8 Å². The van der Waals surface area contributed by atoms with Gasteiger partial charge in [-0.25, -0.2) is 16.8 Å². The summed E-state index contributed by atoms with van der Waals surface area (Å²) in [6, 6.07) is 0. The smallest absolute Gasteiger partial charge is 0.443 e. The molecule has 2 rings (SSSR count). The first kappa shape index (κ1) is 17.5. The number of hydrogen-bond acceptors (Lipinski definition) is 6. The van der Waals surface area contributed by atoms with Crippen LogP contribution in [-0.4, -0.2) is 33.2 Å². The van der Waals surface area contributed by atoms with Crippen molar-refractivity contribution >= 4 is 26.0 Å². The number of alkyl halides is 3. The normalized spacial score (nSPS) is 34.7. The van der Waals surface area contributed by atoms with Crippen LogP contribution in [-0.2, 0) is 29.6 Å². The Bertz CT molecular complexity index is 741. The molecule has 0 amide bonds. The molecule has 0 aromatic heterocycles. The van der Waals surface area contributed by atoms with Crippen molar-refractivity contribution in [3.63, 3.8) is 0 Å². The largest absolute Gasteiger partial charge is 0.480 e. The summed E-state index contributed by atoms with van der Waals surface area (Å²) in [5.41, 5.74) is -8.52. The monoisotopic (exact) mass is 364 g/mol. The van der Waals surface area contributed by atoms with Gasteiger partial charge in [-0.05, 0) is 13.3 Å². The fourth-order valence-corrected chi connectivity index (χ4v) is 6.26. The first-order chi connectivity index (χ1) is 9.54. The minimum Gasteiger partial charge on any atom is -0.443 e. The highest BCUT2D eigenvalue weighted by Gasteiger charge is 2.76. The molecule has 2 atom stereocenters. The summed E-state index contributed by atoms with van der Waals surface area (Å²) in [5.74, 6) is -0.896. The quantitative estimate of drug-likeness (QED) is 0.704. The molecule has 0 N–H and O–H groups in total. The molecular formula is C10H13F3NO6S2-. The molecule has 2 fully saturated rings. The third-order valence-corrected chi connectivity index (χ3v) is 8.69. The summed E-state index contributed by atoms with van der Waals surface area (Å²) in [6.07, 6.45) is -0.277. The molecule has 0 spiro atoms. The Morgan fingerprint density at radius 3 is 1.91 bits per heavy atom. The molecule has 7 nitrogen and oxygen atoms in total. The van der Waals surface area contributed by atoms with E-state index in [1.165, 1.54) is 20.8 Å². The molecule has 1 saturated carbocycles. The van der Waals surface area contributed by atoms with E-state index in [9.17, 15) is 34.8 Å². The minimum atomic E-state index is -6.26. The zero-order valence-corrected chi connectivity index (χ0v) is 13.4. The lowest BCUT2D eigenvalue weighted by molar-refractivity contribution is -0.154. The van der Waals surface area contributed by atoms with Crippen LogP contribution in [0.25, 0.3) is 4.13 Å². The molecule has 2 aliphatic rings. The first-order valence-corrected chi connectivity index (χ1v) is 8.96. The number of esters is 1. The number of carbonyl (C=O) groups excluding carboxylic acids is 1. The predicted octanol–water partition coefficient (Wildman–Crippen LogP) is 1.62. The van der Waals surface area contributed by atoms with Crippen LogP contribution in [0.3, 0.4) is 0 Å². The Morgan fingerprint density at radius 1 is 1.09 bits per heavy atom. The average molecular weight is 364 g/mol. The van der Waals surface area contributed by atoms with Gasteiger partial charge in [-0.2, -0.15) is 13.2 Å². The topological polar surface area (TPSA) is 109 Å². The van der Waals surface area contributed by atoms with E-state index in [4.69, 9.17) is 4.74 Å². The van der Waals surface area contributed by atoms with Crippen molar-refractivity contribution in [1.29, 1.82) is 0 Å². The standard InChI is InChI=1S/C10H13F3NO6S2/c1-7(2)8(3)4-5-9(7,20-6(8)15)21(16,17)14-22(18,19)10(11,12)13/h4-5H2,1-3H3/q-1. The number of fused-ring (bicyclic) bond motifs is 2. The molecule has 1 heterocycles. The van der Waals surface area contributed by atoms with Crippen LogP contribution >= 0.6 is 0 Å². The van der Waals surface area contributed by atoms with E-state index >= 15 is 0 Å². The van der Waals surface area contributed by atoms with Gasteiger partial charge in [0.05, 0.1) is 5.41 Å². The molecule has 12 heteroatoms. The highest BCUT2D eigenvalue weighted by Crippen LogP contribution is 2.68. The third kappa shape index (κ3) is 1.80. The summed E-state index contributed by atoms with van der Waals surface area (Å²) in [6.45, 7) is 4.09. The van der Waals surface area contributed by atoms with Gasteiger partial charge in [-0.1, -0.05) is 13.8 Å². The van der Waals surface area contributed by atoms with Crippen LogP contribution < -0.4 is 0 Å². The molecule has 1 saturated heterocycles. The number of halogens is 3. The Balaban J connectivity index is 2.55. The van der Waals surface area contributed by atoms with E-state index in [1.54, 1.807) is 0 Å². The van der Waals surface area contributed by atoms with Gasteiger partial charge in [-0.3, -0.25) is 4.79 Å². The number of nitrogens with zero attached hydrogens (tertiary/aromatic N) is 1. The van der Waals surface area contributed by atoms with Crippen molar-refractivity contribution in [2.45, 2.75) is 44.1 Å². The second-order valence-corrected chi connectivity index (χ2v) is 9.69. The van der Waals surface area contributed by atoms with Crippen LogP contribution in [0.2, 0.25) is 0 Å². The van der Waals surface area contributed by atoms with E-state index in [1.807, 2.05) is 0 Å². The number of sulfonamides is 2. The van der Waals surface area contributed by atoms with Gasteiger partial charge < -0.3 is 8.86 Å². The molecule has 1 aliphatic carbocycles. The van der Waals surface area contributed by atoms with E-state index in [-0.39, 0.29) is 12.8 Å². The van der Waals surface area contributed by atoms with Crippen molar-refractivity contribution in [1.82, 2.24) is 0 Å². The predicted molar refractivity (Wildman–Crippen MR) is 67.2 cm³/mol. The van der Waals surface area contributed by atoms with Crippen LogP contribution in [0.15, 0.2) is 0 Å². The zero-order chi connectivity index (χ0) is 17.4. The minimum absolute atomic E-state index is 0.0413. The Morgan fingerprint density at radius 2 is 1.59 bits per heavy atom. The second-order valence-electron chi connectivity index (χ2n) is 6.07. The summed E-state index contributed by atoms with van der Waals surface area (Å²) in [5, 5.41) is 0. The van der Waals surface area contributed by atoms with Gasteiger partial charge in [0.25, 0.3) is 0 Å². The SMILES string of the molecule is CC12CCC(S(=O)(=O)[N-]S(=O)(=O)C(F)(F)F)(OC1=O)C2(C)C. The number of carbonyl (C=O) groups is 1. The summed E-state index contributed by atoms with van der Waals surface area (Å²) in [7, 11) is -11.5. The maximum absolute atomic E-state index is 12.4. The molecule has 2 unspecified atom stereocenters. The lowest BCUT2D eigenvalue weighted by Crippen LogP contribution is -2.48. The summed E-state index contributed by atoms with van der Waals surface area (Å²) >= 11 is 0. The number of hydrogen-bond donors (Lipinski definition) is 0. The van der Waals surface area contributed by atoms with Crippen molar-refractivity contribution in [2.75, 3.05) is 0 Å². The number of rotatable bonds is 3. The highest BCUT2D eigenvalue weighted by atomic mass is 32.3. The molecule has 1 aliphatic heterocycles. The van der Waals surface area contributed by atoms with Crippen LogP contribution in [0.4, 0.5) is 13.2 Å². The van der Waals surface area contributed by atoms with Crippen molar-refractivity contribution < 1.29 is 39.5 Å². The maximum atomic E-state index is 12.4. The maximum Gasteiger partial charge on any atom is 0.480 e. The highest BCUT2D eigenvalue weighted by molar-refractivity contribution is 8.13. The molecule has 128 valence electrons. The van der Waals surface area contributed by atoms with Gasteiger partial charge in [0.1, 0.15) is 10.0 Å². The van der Waals surface area contributed by atoms with Crippen molar-refractivity contribution in [3.8, 4) is 0 Å². The molecule has 0 aromatic rings. The van der Waals surface area contributed by atoms with E-state index in [0.717, 1.165) is 0 Å². The summed E-state index contributed by atoms with van der Waals surface area (Å²) < 4.78 is 90.7. The zero-order valence-electron chi connectivity index (χ0n) is 11.8. The van der Waals surface area contributed by atoms with Crippen molar-refractivity contribution in [3.05, 3.63) is 4.13 Å². The fourth-order valence-electron chi connectivity index (χ4n) is 2.99. The van der Waals surface area contributed by atoms with Crippen LogP contribution in [0, 0.1) is 10.8 Å². The Hall–Kier alpha value is -0.880. The first-order valence-electron chi connectivity index (χ1n) is 6.08. The average Bonchev–Trinajstić information content (AvgIpc) is 2.56. The molecule has 2 bridgehead atoms. The fraction of sp³-hybridized carbons (Fsp3) is 0.900. The van der Waals surface area contributed by atoms with Crippen molar-refractivity contribution in [2.24, 2.45) is 10.8 Å². The Kier molecular flexibility index (Phi) is 3.29. The van der Waals surface area contributed by atoms with Crippen LogP contribution in [0.5, 0.6) is 0 Å². The molecular weight excluding hydrogens is 351 g/mol. The lowest BCUT2D eigenvalue weighted by atomic mass is 9.70. The van der Waals surface area contributed by atoms with Crippen LogP contribution in [0.1, 0.15) is 33.6 Å². The van der Waals surface area contributed by atoms with E-state index in [0.29, 0.717) is 0 Å². The summed E-state index contributed by atoms with van der Waals surface area (Å²) in [4.78, 5) is 9.47. The molecule has 0 radical (unpaired) electrons. The molecule has 0 aromatic carbocycles.